The average molecular weight is 246 g/mol. The van der Waals surface area contributed by atoms with Gasteiger partial charge in [-0.2, -0.15) is 0 Å². The van der Waals surface area contributed by atoms with Crippen molar-refractivity contribution >= 4 is 9.84 Å². The number of aliphatic hydroxyl groups excluding tert-OH is 1. The van der Waals surface area contributed by atoms with Crippen molar-refractivity contribution in [2.75, 3.05) is 11.5 Å². The van der Waals surface area contributed by atoms with Gasteiger partial charge in [0.05, 0.1) is 17.6 Å². The molecule has 0 aromatic rings. The summed E-state index contributed by atoms with van der Waals surface area (Å²) in [4.78, 5) is 0. The lowest BCUT2D eigenvalue weighted by Gasteiger charge is -2.25. The molecule has 2 aliphatic rings. The molecule has 1 heterocycles. The zero-order valence-electron chi connectivity index (χ0n) is 9.77. The molecular formula is C12H22O3S. The van der Waals surface area contributed by atoms with Crippen molar-refractivity contribution in [3.63, 3.8) is 0 Å². The van der Waals surface area contributed by atoms with Gasteiger partial charge < -0.3 is 5.11 Å². The normalized spacial score (nSPS) is 33.4. The van der Waals surface area contributed by atoms with Gasteiger partial charge >= 0.3 is 0 Å². The van der Waals surface area contributed by atoms with Crippen LogP contribution in [-0.2, 0) is 9.84 Å². The predicted molar refractivity (Wildman–Crippen MR) is 64.0 cm³/mol. The molecule has 1 aliphatic carbocycles. The Kier molecular flexibility index (Phi) is 3.90. The van der Waals surface area contributed by atoms with Crippen LogP contribution < -0.4 is 0 Å². The minimum Gasteiger partial charge on any atom is -0.393 e. The number of sulfone groups is 1. The minimum atomic E-state index is -2.85. The molecule has 0 amide bonds. The van der Waals surface area contributed by atoms with Crippen LogP contribution in [0.3, 0.4) is 0 Å². The van der Waals surface area contributed by atoms with Crippen molar-refractivity contribution in [2.24, 2.45) is 11.8 Å². The van der Waals surface area contributed by atoms with E-state index in [9.17, 15) is 13.5 Å². The second kappa shape index (κ2) is 5.05. The maximum Gasteiger partial charge on any atom is 0.150 e. The molecule has 0 aromatic carbocycles. The molecule has 2 atom stereocenters. The smallest absolute Gasteiger partial charge is 0.150 e. The summed E-state index contributed by atoms with van der Waals surface area (Å²) in [6.07, 6.45) is 7.38. The summed E-state index contributed by atoms with van der Waals surface area (Å²) in [6, 6.07) is 0. The maximum atomic E-state index is 11.4. The van der Waals surface area contributed by atoms with E-state index < -0.39 is 9.84 Å². The molecule has 94 valence electrons. The first-order chi connectivity index (χ1) is 7.58. The second-order valence-electron chi connectivity index (χ2n) is 5.41. The Hall–Kier alpha value is -0.0900. The fraction of sp³-hybridized carbons (Fsp3) is 1.00. The Morgan fingerprint density at radius 3 is 2.06 bits per heavy atom. The van der Waals surface area contributed by atoms with Gasteiger partial charge in [-0.25, -0.2) is 8.42 Å². The molecule has 3 nitrogen and oxygen atoms in total. The lowest BCUT2D eigenvalue weighted by molar-refractivity contribution is 0.0528. The third-order valence-corrected chi connectivity index (χ3v) is 5.93. The van der Waals surface area contributed by atoms with E-state index >= 15 is 0 Å². The molecule has 4 heteroatoms. The standard InChI is InChI=1S/C12H22O3S/c13-12(10-5-3-1-2-4-6-10)11-7-8-16(14,15)9-11/h10-13H,1-9H2. The highest BCUT2D eigenvalue weighted by Crippen LogP contribution is 2.32. The molecule has 1 saturated carbocycles. The maximum absolute atomic E-state index is 11.4. The monoisotopic (exact) mass is 246 g/mol. The van der Waals surface area contributed by atoms with Crippen LogP contribution in [0.1, 0.15) is 44.9 Å². The first-order valence-corrected chi connectivity index (χ1v) is 8.29. The molecule has 2 rings (SSSR count). The van der Waals surface area contributed by atoms with Crippen LogP contribution in [0.25, 0.3) is 0 Å². The van der Waals surface area contributed by atoms with Crippen molar-refractivity contribution in [1.29, 1.82) is 0 Å². The summed E-state index contributed by atoms with van der Waals surface area (Å²) < 4.78 is 22.8. The zero-order valence-corrected chi connectivity index (χ0v) is 10.6. The summed E-state index contributed by atoms with van der Waals surface area (Å²) in [7, 11) is -2.85. The van der Waals surface area contributed by atoms with Gasteiger partial charge in [0.1, 0.15) is 0 Å². The highest BCUT2D eigenvalue weighted by atomic mass is 32.2. The van der Waals surface area contributed by atoms with Gasteiger partial charge in [-0.05, 0) is 31.1 Å². The summed E-state index contributed by atoms with van der Waals surface area (Å²) in [5.74, 6) is 0.848. The van der Waals surface area contributed by atoms with Gasteiger partial charge in [0, 0.05) is 0 Å². The number of rotatable bonds is 2. The van der Waals surface area contributed by atoms with Crippen LogP contribution in [0.15, 0.2) is 0 Å². The lowest BCUT2D eigenvalue weighted by atomic mass is 9.85. The van der Waals surface area contributed by atoms with Crippen molar-refractivity contribution in [3.05, 3.63) is 0 Å². The van der Waals surface area contributed by atoms with Crippen LogP contribution >= 0.6 is 0 Å². The van der Waals surface area contributed by atoms with E-state index in [2.05, 4.69) is 0 Å². The molecule has 0 radical (unpaired) electrons. The van der Waals surface area contributed by atoms with Crippen LogP contribution in [0.5, 0.6) is 0 Å². The number of hydrogen-bond donors (Lipinski definition) is 1. The fourth-order valence-corrected chi connectivity index (χ4v) is 4.98. The largest absolute Gasteiger partial charge is 0.393 e. The molecular weight excluding hydrogens is 224 g/mol. The Bertz CT molecular complexity index is 315. The van der Waals surface area contributed by atoms with Crippen LogP contribution in [0.2, 0.25) is 0 Å². The summed E-state index contributed by atoms with van der Waals surface area (Å²) >= 11 is 0. The summed E-state index contributed by atoms with van der Waals surface area (Å²) in [6.45, 7) is 0. The van der Waals surface area contributed by atoms with Crippen molar-refractivity contribution in [3.8, 4) is 0 Å². The molecule has 2 fully saturated rings. The summed E-state index contributed by atoms with van der Waals surface area (Å²) in [5, 5.41) is 10.3. The minimum absolute atomic E-state index is 0.00750. The van der Waals surface area contributed by atoms with Crippen LogP contribution in [-0.4, -0.2) is 31.1 Å². The highest BCUT2D eigenvalue weighted by Gasteiger charge is 2.36. The van der Waals surface area contributed by atoms with Gasteiger partial charge in [-0.15, -0.1) is 0 Å². The Morgan fingerprint density at radius 1 is 0.938 bits per heavy atom. The van der Waals surface area contributed by atoms with Crippen LogP contribution in [0, 0.1) is 11.8 Å². The molecule has 2 unspecified atom stereocenters. The van der Waals surface area contributed by atoms with Gasteiger partial charge in [0.25, 0.3) is 0 Å². The van der Waals surface area contributed by atoms with Crippen molar-refractivity contribution in [2.45, 2.75) is 51.0 Å². The van der Waals surface area contributed by atoms with Gasteiger partial charge in [-0.3, -0.25) is 0 Å². The lowest BCUT2D eigenvalue weighted by Crippen LogP contribution is -2.29. The van der Waals surface area contributed by atoms with E-state index in [-0.39, 0.29) is 23.5 Å². The third kappa shape index (κ3) is 2.98. The van der Waals surface area contributed by atoms with E-state index in [1.165, 1.54) is 25.7 Å². The van der Waals surface area contributed by atoms with E-state index in [0.29, 0.717) is 12.3 Å². The van der Waals surface area contributed by atoms with E-state index in [1.807, 2.05) is 0 Å². The molecule has 0 aromatic heterocycles. The van der Waals surface area contributed by atoms with Gasteiger partial charge in [0.2, 0.25) is 0 Å². The predicted octanol–water partition coefficient (Wildman–Crippen LogP) is 1.75. The zero-order chi connectivity index (χ0) is 11.6. The SMILES string of the molecule is O=S1(=O)CCC(C(O)C2CCCCCC2)C1. The number of hydrogen-bond acceptors (Lipinski definition) is 3. The molecule has 1 N–H and O–H groups in total. The van der Waals surface area contributed by atoms with Gasteiger partial charge in [0.15, 0.2) is 9.84 Å². The third-order valence-electron chi connectivity index (χ3n) is 4.13. The molecule has 0 bridgehead atoms. The highest BCUT2D eigenvalue weighted by molar-refractivity contribution is 7.91. The first-order valence-electron chi connectivity index (χ1n) is 6.47. The fourth-order valence-electron chi connectivity index (χ4n) is 3.13. The van der Waals surface area contributed by atoms with Gasteiger partial charge in [-0.1, -0.05) is 25.7 Å². The average Bonchev–Trinajstić information content (AvgIpc) is 2.48. The molecule has 1 saturated heterocycles. The molecule has 16 heavy (non-hydrogen) atoms. The molecule has 0 spiro atoms. The quantitative estimate of drug-likeness (QED) is 0.755. The van der Waals surface area contributed by atoms with E-state index in [4.69, 9.17) is 0 Å². The van der Waals surface area contributed by atoms with Crippen LogP contribution in [0.4, 0.5) is 0 Å². The topological polar surface area (TPSA) is 54.4 Å². The Labute approximate surface area is 98.2 Å². The second-order valence-corrected chi connectivity index (χ2v) is 7.63. The molecule has 1 aliphatic heterocycles. The number of aliphatic hydroxyl groups is 1. The Morgan fingerprint density at radius 2 is 1.56 bits per heavy atom. The summed E-state index contributed by atoms with van der Waals surface area (Å²) in [5.41, 5.74) is 0. The van der Waals surface area contributed by atoms with E-state index in [1.54, 1.807) is 0 Å². The van der Waals surface area contributed by atoms with Crippen molar-refractivity contribution < 1.29 is 13.5 Å². The first kappa shape index (κ1) is 12.4. The van der Waals surface area contributed by atoms with E-state index in [0.717, 1.165) is 12.8 Å². The Balaban J connectivity index is 1.93. The van der Waals surface area contributed by atoms with Crippen molar-refractivity contribution in [1.82, 2.24) is 0 Å².